The summed E-state index contributed by atoms with van der Waals surface area (Å²) in [4.78, 5) is 27.8. The van der Waals surface area contributed by atoms with E-state index in [0.29, 0.717) is 11.4 Å². The van der Waals surface area contributed by atoms with Gasteiger partial charge in [-0.25, -0.2) is 4.79 Å². The number of benzene rings is 1. The summed E-state index contributed by atoms with van der Waals surface area (Å²) in [6.45, 7) is 1.88. The van der Waals surface area contributed by atoms with E-state index < -0.39 is 6.09 Å². The molecule has 2 bridgehead atoms. The smallest absolute Gasteiger partial charge is 0.409 e. The number of nitrogens with one attached hydrogen (secondary N) is 2. The number of rotatable bonds is 1. The molecule has 3 rings (SSSR count). The molecule has 9 heteroatoms. The molecular weight excluding hydrogens is 403 g/mol. The molecule has 2 heterocycles. The molecule has 5 N–H and O–H groups in total. The molecule has 2 atom stereocenters. The second-order valence-electron chi connectivity index (χ2n) is 6.59. The van der Waals surface area contributed by atoms with E-state index in [9.17, 15) is 9.59 Å². The molecule has 2 amide bonds. The highest BCUT2D eigenvalue weighted by Gasteiger charge is 2.19. The van der Waals surface area contributed by atoms with Gasteiger partial charge in [-0.05, 0) is 42.7 Å². The van der Waals surface area contributed by atoms with Crippen LogP contribution in [0.15, 0.2) is 36.5 Å². The number of aromatic nitrogens is 1. The molecule has 152 valence electrons. The topological polar surface area (TPSA) is 117 Å². The first-order valence-electron chi connectivity index (χ1n) is 8.61. The fourth-order valence-electron chi connectivity index (χ4n) is 3.10. The molecule has 1 aliphatic heterocycles. The molecule has 0 spiro atoms. The Hall–Kier alpha value is -2.35. The van der Waals surface area contributed by atoms with E-state index in [4.69, 9.17) is 10.8 Å². The monoisotopic (exact) mass is 426 g/mol. The Labute approximate surface area is 175 Å². The summed E-state index contributed by atoms with van der Waals surface area (Å²) in [5, 5.41) is 14.2. The first kappa shape index (κ1) is 23.7. The van der Waals surface area contributed by atoms with Gasteiger partial charge in [0.2, 0.25) is 5.91 Å². The highest BCUT2D eigenvalue weighted by Crippen LogP contribution is 2.33. The van der Waals surface area contributed by atoms with Gasteiger partial charge in [-0.2, -0.15) is 0 Å². The van der Waals surface area contributed by atoms with Crippen molar-refractivity contribution in [2.24, 2.45) is 11.7 Å². The zero-order chi connectivity index (χ0) is 18.7. The lowest BCUT2D eigenvalue weighted by atomic mass is 9.96. The van der Waals surface area contributed by atoms with Crippen LogP contribution in [-0.2, 0) is 4.79 Å². The van der Waals surface area contributed by atoms with E-state index in [1.165, 1.54) is 0 Å². The van der Waals surface area contributed by atoms with Gasteiger partial charge in [-0.3, -0.25) is 15.1 Å². The Kier molecular flexibility index (Phi) is 8.68. The van der Waals surface area contributed by atoms with Crippen molar-refractivity contribution < 1.29 is 14.7 Å². The second kappa shape index (κ2) is 10.3. The Bertz CT molecular complexity index is 848. The van der Waals surface area contributed by atoms with Crippen molar-refractivity contribution in [2.75, 3.05) is 10.6 Å². The molecule has 0 saturated heterocycles. The van der Waals surface area contributed by atoms with Gasteiger partial charge < -0.3 is 16.2 Å². The Morgan fingerprint density at radius 1 is 1.25 bits per heavy atom. The van der Waals surface area contributed by atoms with E-state index in [1.807, 2.05) is 19.1 Å². The number of anilines is 2. The van der Waals surface area contributed by atoms with E-state index in [1.54, 1.807) is 24.4 Å². The van der Waals surface area contributed by atoms with Crippen LogP contribution in [0, 0.1) is 5.92 Å². The van der Waals surface area contributed by atoms with Crippen molar-refractivity contribution in [1.82, 2.24) is 4.98 Å². The number of nitrogens with zero attached hydrogens (tertiary/aromatic N) is 1. The fourth-order valence-corrected chi connectivity index (χ4v) is 3.10. The maximum absolute atomic E-state index is 12.5. The minimum Gasteiger partial charge on any atom is -0.465 e. The number of fused-ring (bicyclic) bond motifs is 4. The SMILES string of the molecule is C[C@@H]1CCC[C@H](N)c2cc(ccn2)-c2ccc(NC(=O)O)cc2NC1=O.Cl.Cl. The number of carbonyl (C=O) groups is 2. The first-order valence-corrected chi connectivity index (χ1v) is 8.61. The summed E-state index contributed by atoms with van der Waals surface area (Å²) in [6, 6.07) is 8.66. The predicted molar refractivity (Wildman–Crippen MR) is 114 cm³/mol. The van der Waals surface area contributed by atoms with Gasteiger partial charge in [-0.1, -0.05) is 19.4 Å². The van der Waals surface area contributed by atoms with Crippen LogP contribution in [0.2, 0.25) is 0 Å². The number of halogens is 2. The highest BCUT2D eigenvalue weighted by molar-refractivity contribution is 5.98. The summed E-state index contributed by atoms with van der Waals surface area (Å²) < 4.78 is 0. The number of hydrogen-bond donors (Lipinski definition) is 4. The molecule has 0 fully saturated rings. The second-order valence-corrected chi connectivity index (χ2v) is 6.59. The third-order valence-corrected chi connectivity index (χ3v) is 4.60. The molecule has 1 aromatic carbocycles. The van der Waals surface area contributed by atoms with Gasteiger partial charge in [0.25, 0.3) is 0 Å². The molecule has 1 aromatic heterocycles. The maximum atomic E-state index is 12.5. The van der Waals surface area contributed by atoms with Crippen molar-refractivity contribution in [1.29, 1.82) is 0 Å². The van der Waals surface area contributed by atoms with Gasteiger partial charge in [0, 0.05) is 29.4 Å². The largest absolute Gasteiger partial charge is 0.465 e. The number of nitrogens with two attached hydrogens (primary N) is 1. The molecule has 28 heavy (non-hydrogen) atoms. The van der Waals surface area contributed by atoms with E-state index in [2.05, 4.69) is 15.6 Å². The Balaban J connectivity index is 0.00000196. The van der Waals surface area contributed by atoms with Gasteiger partial charge in [-0.15, -0.1) is 24.8 Å². The minimum absolute atomic E-state index is 0. The standard InChI is InChI=1S/C19H22N4O3.2ClH/c1-11-3-2-4-15(20)17-9-12(7-8-21-17)14-6-5-13(22-19(25)26)10-16(14)23-18(11)24;;/h5-11,15,22H,2-4,20H2,1H3,(H,23,24)(H,25,26);2*1H/t11-,15+;;/m1../s1. The molecule has 0 radical (unpaired) electrons. The lowest BCUT2D eigenvalue weighted by Gasteiger charge is -2.19. The number of hydrogen-bond acceptors (Lipinski definition) is 4. The molecule has 1 aliphatic rings. The van der Waals surface area contributed by atoms with E-state index in [-0.39, 0.29) is 42.7 Å². The van der Waals surface area contributed by atoms with Gasteiger partial charge in [0.15, 0.2) is 0 Å². The molecule has 0 unspecified atom stereocenters. The maximum Gasteiger partial charge on any atom is 0.409 e. The molecule has 2 aromatic rings. The van der Waals surface area contributed by atoms with E-state index >= 15 is 0 Å². The van der Waals surface area contributed by atoms with E-state index in [0.717, 1.165) is 36.1 Å². The number of pyridine rings is 1. The Morgan fingerprint density at radius 3 is 2.71 bits per heavy atom. The normalized spacial score (nSPS) is 18.7. The van der Waals surface area contributed by atoms with Crippen molar-refractivity contribution in [3.8, 4) is 11.1 Å². The molecule has 0 saturated carbocycles. The van der Waals surface area contributed by atoms with Crippen LogP contribution in [0.4, 0.5) is 16.2 Å². The molecular formula is C19H24Cl2N4O3. The van der Waals surface area contributed by atoms with Crippen molar-refractivity contribution in [2.45, 2.75) is 32.2 Å². The zero-order valence-electron chi connectivity index (χ0n) is 15.3. The average Bonchev–Trinajstić information content (AvgIpc) is 2.60. The van der Waals surface area contributed by atoms with Crippen LogP contribution in [0.3, 0.4) is 0 Å². The van der Waals surface area contributed by atoms with Gasteiger partial charge in [0.05, 0.1) is 11.4 Å². The lowest BCUT2D eigenvalue weighted by molar-refractivity contribution is -0.119. The summed E-state index contributed by atoms with van der Waals surface area (Å²) >= 11 is 0. The quantitative estimate of drug-likeness (QED) is 0.537. The van der Waals surface area contributed by atoms with Crippen molar-refractivity contribution >= 4 is 48.2 Å². The third kappa shape index (κ3) is 5.58. The van der Waals surface area contributed by atoms with Crippen molar-refractivity contribution in [3.63, 3.8) is 0 Å². The predicted octanol–water partition coefficient (Wildman–Crippen LogP) is 4.44. The average molecular weight is 427 g/mol. The van der Waals surface area contributed by atoms with Crippen LogP contribution in [0.1, 0.15) is 37.9 Å². The summed E-state index contributed by atoms with van der Waals surface area (Å²) in [7, 11) is 0. The first-order chi connectivity index (χ1) is 12.4. The van der Waals surface area contributed by atoms with Gasteiger partial charge in [0.1, 0.15) is 0 Å². The number of amides is 2. The number of carboxylic acid groups (broad SMARTS) is 1. The van der Waals surface area contributed by atoms with Crippen LogP contribution >= 0.6 is 24.8 Å². The van der Waals surface area contributed by atoms with Crippen LogP contribution in [0.5, 0.6) is 0 Å². The van der Waals surface area contributed by atoms with Gasteiger partial charge >= 0.3 is 6.09 Å². The Morgan fingerprint density at radius 2 is 2.00 bits per heavy atom. The van der Waals surface area contributed by atoms with Crippen LogP contribution < -0.4 is 16.4 Å². The van der Waals surface area contributed by atoms with Crippen LogP contribution in [0.25, 0.3) is 11.1 Å². The fraction of sp³-hybridized carbons (Fsp3) is 0.316. The van der Waals surface area contributed by atoms with Crippen molar-refractivity contribution in [3.05, 3.63) is 42.2 Å². The third-order valence-electron chi connectivity index (χ3n) is 4.60. The molecule has 0 aliphatic carbocycles. The highest BCUT2D eigenvalue weighted by atomic mass is 35.5. The zero-order valence-corrected chi connectivity index (χ0v) is 17.0. The molecule has 7 nitrogen and oxygen atoms in total. The summed E-state index contributed by atoms with van der Waals surface area (Å²) in [5.74, 6) is -0.265. The van der Waals surface area contributed by atoms with Crippen LogP contribution in [-0.4, -0.2) is 22.1 Å². The summed E-state index contributed by atoms with van der Waals surface area (Å²) in [5.41, 5.74) is 9.67. The lowest BCUT2D eigenvalue weighted by Crippen LogP contribution is -2.22. The number of carbonyl (C=O) groups excluding carboxylic acids is 1. The summed E-state index contributed by atoms with van der Waals surface area (Å²) in [6.07, 6.45) is 2.86. The minimum atomic E-state index is -1.16.